The lowest BCUT2D eigenvalue weighted by atomic mass is 10.1. The molecule has 2 heterocycles. The van der Waals surface area contributed by atoms with Crippen LogP contribution in [0.4, 0.5) is 0 Å². The Morgan fingerprint density at radius 3 is 2.61 bits per heavy atom. The molecule has 2 aromatic carbocycles. The van der Waals surface area contributed by atoms with E-state index in [2.05, 4.69) is 0 Å². The number of para-hydroxylation sites is 1. The Morgan fingerprint density at radius 1 is 0.944 bits per heavy atom. The number of hydrogen-bond donors (Lipinski definition) is 1. The maximum atomic E-state index is 11.9. The van der Waals surface area contributed by atoms with Gasteiger partial charge in [0.05, 0.1) is 16.4 Å². The van der Waals surface area contributed by atoms with E-state index >= 15 is 0 Å². The summed E-state index contributed by atoms with van der Waals surface area (Å²) >= 11 is 0. The van der Waals surface area contributed by atoms with E-state index in [4.69, 9.17) is 0 Å². The van der Waals surface area contributed by atoms with Crippen molar-refractivity contribution < 1.29 is 5.11 Å². The van der Waals surface area contributed by atoms with E-state index in [0.717, 1.165) is 21.8 Å². The fourth-order valence-electron chi connectivity index (χ4n) is 2.69. The lowest BCUT2D eigenvalue weighted by molar-refractivity contribution is 0.477. The molecule has 0 unspecified atom stereocenters. The number of pyridine rings is 1. The minimum atomic E-state index is -0.0637. The molecular weight excluding hydrogens is 226 g/mol. The first-order chi connectivity index (χ1) is 8.75. The second-order valence-electron chi connectivity index (χ2n) is 4.46. The predicted octanol–water partition coefficient (Wildman–Crippen LogP) is 2.75. The zero-order valence-electron chi connectivity index (χ0n) is 9.42. The summed E-state index contributed by atoms with van der Waals surface area (Å²) in [6, 6.07) is 12.7. The molecule has 0 saturated carbocycles. The Balaban J connectivity index is 2.51. The molecule has 0 aliphatic heterocycles. The highest BCUT2D eigenvalue weighted by atomic mass is 16.3. The van der Waals surface area contributed by atoms with E-state index in [1.807, 2.05) is 28.7 Å². The van der Waals surface area contributed by atoms with Gasteiger partial charge in [-0.3, -0.25) is 4.79 Å². The third-order valence-corrected chi connectivity index (χ3v) is 3.43. The summed E-state index contributed by atoms with van der Waals surface area (Å²) in [7, 11) is 0. The number of aromatic nitrogens is 1. The van der Waals surface area contributed by atoms with Crippen LogP contribution in [0.2, 0.25) is 0 Å². The van der Waals surface area contributed by atoms with E-state index in [9.17, 15) is 9.90 Å². The van der Waals surface area contributed by atoms with Gasteiger partial charge in [0.1, 0.15) is 5.75 Å². The van der Waals surface area contributed by atoms with Crippen LogP contribution in [0.1, 0.15) is 0 Å². The summed E-state index contributed by atoms with van der Waals surface area (Å²) < 4.78 is 2.00. The predicted molar refractivity (Wildman–Crippen MR) is 71.5 cm³/mol. The molecule has 4 rings (SSSR count). The van der Waals surface area contributed by atoms with Gasteiger partial charge in [-0.15, -0.1) is 0 Å². The maximum Gasteiger partial charge on any atom is 0.189 e. The molecule has 0 bridgehead atoms. The van der Waals surface area contributed by atoms with Crippen molar-refractivity contribution >= 4 is 27.2 Å². The first kappa shape index (κ1) is 9.48. The molecule has 86 valence electrons. The molecular formula is C15H9NO2. The van der Waals surface area contributed by atoms with Gasteiger partial charge in [0.15, 0.2) is 5.43 Å². The van der Waals surface area contributed by atoms with Gasteiger partial charge >= 0.3 is 0 Å². The highest BCUT2D eigenvalue weighted by Crippen LogP contribution is 2.32. The van der Waals surface area contributed by atoms with E-state index < -0.39 is 0 Å². The van der Waals surface area contributed by atoms with Crippen LogP contribution in [0, 0.1) is 0 Å². The zero-order chi connectivity index (χ0) is 12.3. The van der Waals surface area contributed by atoms with E-state index in [1.54, 1.807) is 12.3 Å². The Kier molecular flexibility index (Phi) is 1.59. The zero-order valence-corrected chi connectivity index (χ0v) is 9.42. The van der Waals surface area contributed by atoms with Gasteiger partial charge in [-0.25, -0.2) is 0 Å². The van der Waals surface area contributed by atoms with Crippen LogP contribution in [0.25, 0.3) is 27.2 Å². The van der Waals surface area contributed by atoms with Gasteiger partial charge in [0.25, 0.3) is 0 Å². The summed E-state index contributed by atoms with van der Waals surface area (Å²) in [5.41, 5.74) is 1.86. The molecule has 0 spiro atoms. The number of rotatable bonds is 0. The van der Waals surface area contributed by atoms with Crippen LogP contribution in [-0.2, 0) is 0 Å². The minimum absolute atomic E-state index is 0.0637. The molecule has 4 aromatic rings. The van der Waals surface area contributed by atoms with Crippen molar-refractivity contribution in [2.75, 3.05) is 0 Å². The third-order valence-electron chi connectivity index (χ3n) is 3.43. The fraction of sp³-hybridized carbons (Fsp3) is 0. The molecule has 0 aliphatic rings. The van der Waals surface area contributed by atoms with Crippen molar-refractivity contribution in [3.63, 3.8) is 0 Å². The standard InChI is InChI=1S/C15H9NO2/c17-9-7-11-10-3-1-2-4-13(10)16-6-5-14(18)12(8-9)15(11)16/h1-8,17H. The van der Waals surface area contributed by atoms with Crippen LogP contribution in [0.15, 0.2) is 53.5 Å². The van der Waals surface area contributed by atoms with Gasteiger partial charge in [-0.05, 0) is 18.2 Å². The third kappa shape index (κ3) is 1.01. The number of nitrogens with zero attached hydrogens (tertiary/aromatic N) is 1. The molecule has 18 heavy (non-hydrogen) atoms. The summed E-state index contributed by atoms with van der Waals surface area (Å²) in [5, 5.41) is 12.3. The summed E-state index contributed by atoms with van der Waals surface area (Å²) in [5.74, 6) is 0.129. The van der Waals surface area contributed by atoms with Crippen molar-refractivity contribution in [3.05, 3.63) is 58.9 Å². The van der Waals surface area contributed by atoms with Gasteiger partial charge < -0.3 is 9.51 Å². The van der Waals surface area contributed by atoms with E-state index in [0.29, 0.717) is 5.39 Å². The van der Waals surface area contributed by atoms with Crippen LogP contribution < -0.4 is 5.43 Å². The minimum Gasteiger partial charge on any atom is -0.508 e. The number of phenolic OH excluding ortho intramolecular Hbond substituents is 1. The first-order valence-electron chi connectivity index (χ1n) is 5.74. The molecule has 0 fully saturated rings. The molecule has 3 nitrogen and oxygen atoms in total. The summed E-state index contributed by atoms with van der Waals surface area (Å²) in [4.78, 5) is 11.9. The normalized spacial score (nSPS) is 11.8. The smallest absolute Gasteiger partial charge is 0.189 e. The topological polar surface area (TPSA) is 41.7 Å². The van der Waals surface area contributed by atoms with Crippen LogP contribution in [0.5, 0.6) is 5.75 Å². The largest absolute Gasteiger partial charge is 0.508 e. The monoisotopic (exact) mass is 235 g/mol. The fourth-order valence-corrected chi connectivity index (χ4v) is 2.69. The molecule has 2 aromatic heterocycles. The van der Waals surface area contributed by atoms with Crippen molar-refractivity contribution in [3.8, 4) is 5.75 Å². The number of aromatic hydroxyl groups is 1. The van der Waals surface area contributed by atoms with Crippen LogP contribution >= 0.6 is 0 Å². The quantitative estimate of drug-likeness (QED) is 0.509. The Hall–Kier alpha value is -2.55. The average Bonchev–Trinajstić information content (AvgIpc) is 2.69. The molecule has 0 radical (unpaired) electrons. The lowest BCUT2D eigenvalue weighted by Gasteiger charge is -2.00. The number of hydrogen-bond acceptors (Lipinski definition) is 2. The molecule has 3 heteroatoms. The molecule has 0 amide bonds. The van der Waals surface area contributed by atoms with Gasteiger partial charge in [-0.2, -0.15) is 0 Å². The molecule has 1 N–H and O–H groups in total. The van der Waals surface area contributed by atoms with Crippen LogP contribution in [0.3, 0.4) is 0 Å². The van der Waals surface area contributed by atoms with Crippen molar-refractivity contribution in [1.29, 1.82) is 0 Å². The Morgan fingerprint density at radius 2 is 1.72 bits per heavy atom. The number of fused-ring (bicyclic) bond motifs is 3. The summed E-state index contributed by atoms with van der Waals surface area (Å²) in [6.45, 7) is 0. The van der Waals surface area contributed by atoms with Crippen molar-refractivity contribution in [2.24, 2.45) is 0 Å². The first-order valence-corrected chi connectivity index (χ1v) is 5.74. The van der Waals surface area contributed by atoms with Gasteiger partial charge in [-0.1, -0.05) is 18.2 Å². The average molecular weight is 235 g/mol. The number of benzene rings is 2. The van der Waals surface area contributed by atoms with E-state index in [-0.39, 0.29) is 11.2 Å². The molecule has 0 aliphatic carbocycles. The second-order valence-corrected chi connectivity index (χ2v) is 4.46. The second kappa shape index (κ2) is 3.01. The van der Waals surface area contributed by atoms with Gasteiger partial charge in [0.2, 0.25) is 0 Å². The maximum absolute atomic E-state index is 11.9. The van der Waals surface area contributed by atoms with Crippen LogP contribution in [-0.4, -0.2) is 9.51 Å². The van der Waals surface area contributed by atoms with Gasteiger partial charge in [0, 0.05) is 23.0 Å². The lowest BCUT2D eigenvalue weighted by Crippen LogP contribution is -2.01. The van der Waals surface area contributed by atoms with Crippen molar-refractivity contribution in [1.82, 2.24) is 4.40 Å². The SMILES string of the molecule is O=c1ccn2c3ccccc3c3cc(O)cc1c32. The van der Waals surface area contributed by atoms with E-state index in [1.165, 1.54) is 12.1 Å². The Bertz CT molecular complexity index is 953. The molecule has 0 atom stereocenters. The molecule has 0 saturated heterocycles. The summed E-state index contributed by atoms with van der Waals surface area (Å²) in [6.07, 6.45) is 1.79. The highest BCUT2D eigenvalue weighted by molar-refractivity contribution is 6.14. The highest BCUT2D eigenvalue weighted by Gasteiger charge is 2.13. The number of phenols is 1. The Labute approximate surface area is 102 Å². The van der Waals surface area contributed by atoms with Crippen molar-refractivity contribution in [2.45, 2.75) is 0 Å².